The van der Waals surface area contributed by atoms with Gasteiger partial charge in [-0.3, -0.25) is 0 Å². The maximum Gasteiger partial charge on any atom is 0.0897 e. The molecule has 0 fully saturated rings. The number of halogens is 2. The highest BCUT2D eigenvalue weighted by Crippen LogP contribution is 2.23. The largest absolute Gasteiger partial charge is 0.327 e. The van der Waals surface area contributed by atoms with Crippen LogP contribution in [0.4, 0.5) is 0 Å². The second-order valence-corrected chi connectivity index (χ2v) is 6.15. The molecular formula is C13H14Cl2N2S. The molecule has 0 spiro atoms. The van der Waals surface area contributed by atoms with E-state index in [4.69, 9.17) is 28.9 Å². The number of nitrogens with two attached hydrogens (primary N) is 1. The maximum absolute atomic E-state index is 6.12. The fourth-order valence-electron chi connectivity index (χ4n) is 1.81. The Labute approximate surface area is 121 Å². The predicted molar refractivity (Wildman–Crippen MR) is 78.7 cm³/mol. The van der Waals surface area contributed by atoms with Crippen molar-refractivity contribution in [3.63, 3.8) is 0 Å². The van der Waals surface area contributed by atoms with Gasteiger partial charge in [-0.1, -0.05) is 29.3 Å². The third kappa shape index (κ3) is 3.69. The molecule has 0 bridgehead atoms. The van der Waals surface area contributed by atoms with E-state index in [9.17, 15) is 0 Å². The molecule has 0 saturated heterocycles. The molecule has 2 rings (SSSR count). The van der Waals surface area contributed by atoms with E-state index in [-0.39, 0.29) is 6.04 Å². The van der Waals surface area contributed by atoms with Crippen LogP contribution in [0.15, 0.2) is 23.6 Å². The lowest BCUT2D eigenvalue weighted by Gasteiger charge is -2.10. The Morgan fingerprint density at radius 2 is 2.06 bits per heavy atom. The zero-order valence-corrected chi connectivity index (χ0v) is 12.3. The van der Waals surface area contributed by atoms with E-state index in [1.165, 1.54) is 0 Å². The van der Waals surface area contributed by atoms with Gasteiger partial charge in [-0.25, -0.2) is 4.98 Å². The molecule has 1 aromatic carbocycles. The minimum atomic E-state index is 0.0451. The fourth-order valence-corrected chi connectivity index (χ4v) is 2.76. The lowest BCUT2D eigenvalue weighted by atomic mass is 10.0. The number of aromatic nitrogens is 1. The SMILES string of the molecule is Cc1nc(CC(N)Cc2ccc(Cl)c(Cl)c2)cs1. The fraction of sp³-hybridized carbons (Fsp3) is 0.308. The molecule has 2 nitrogen and oxygen atoms in total. The summed E-state index contributed by atoms with van der Waals surface area (Å²) in [6.07, 6.45) is 1.55. The molecule has 0 saturated carbocycles. The summed E-state index contributed by atoms with van der Waals surface area (Å²) in [6, 6.07) is 5.68. The molecule has 0 aliphatic rings. The van der Waals surface area contributed by atoms with Gasteiger partial charge in [-0.2, -0.15) is 0 Å². The quantitative estimate of drug-likeness (QED) is 0.931. The summed E-state index contributed by atoms with van der Waals surface area (Å²) in [5.41, 5.74) is 8.28. The number of nitrogens with zero attached hydrogens (tertiary/aromatic N) is 1. The molecule has 0 radical (unpaired) electrons. The second-order valence-electron chi connectivity index (χ2n) is 4.27. The standard InChI is InChI=1S/C13H14Cl2N2S/c1-8-17-11(7-18-8)6-10(16)4-9-2-3-12(14)13(15)5-9/h2-3,5,7,10H,4,6,16H2,1H3. The van der Waals surface area contributed by atoms with Gasteiger partial charge in [0.25, 0.3) is 0 Å². The number of hydrogen-bond donors (Lipinski definition) is 1. The van der Waals surface area contributed by atoms with Crippen molar-refractivity contribution in [1.29, 1.82) is 0 Å². The number of hydrogen-bond acceptors (Lipinski definition) is 3. The Morgan fingerprint density at radius 1 is 1.28 bits per heavy atom. The van der Waals surface area contributed by atoms with E-state index < -0.39 is 0 Å². The second kappa shape index (κ2) is 6.02. The van der Waals surface area contributed by atoms with Gasteiger partial charge in [0.15, 0.2) is 0 Å². The first-order valence-corrected chi connectivity index (χ1v) is 7.28. The Kier molecular flexibility index (Phi) is 4.62. The summed E-state index contributed by atoms with van der Waals surface area (Å²) in [5, 5.41) is 4.28. The van der Waals surface area contributed by atoms with Gasteiger partial charge in [-0.05, 0) is 31.0 Å². The summed E-state index contributed by atoms with van der Waals surface area (Å²) in [4.78, 5) is 4.42. The molecule has 2 N–H and O–H groups in total. The van der Waals surface area contributed by atoms with Gasteiger partial charge in [0, 0.05) is 17.8 Å². The predicted octanol–water partition coefficient (Wildman–Crippen LogP) is 3.87. The van der Waals surface area contributed by atoms with Crippen molar-refractivity contribution < 1.29 is 0 Å². The lowest BCUT2D eigenvalue weighted by molar-refractivity contribution is 0.656. The first kappa shape index (κ1) is 13.8. The van der Waals surface area contributed by atoms with Crippen molar-refractivity contribution in [3.8, 4) is 0 Å². The highest BCUT2D eigenvalue weighted by atomic mass is 35.5. The van der Waals surface area contributed by atoms with Crippen molar-refractivity contribution in [1.82, 2.24) is 4.98 Å². The van der Waals surface area contributed by atoms with Crippen LogP contribution in [-0.2, 0) is 12.8 Å². The zero-order valence-electron chi connectivity index (χ0n) is 9.99. The molecule has 1 heterocycles. The molecule has 1 unspecified atom stereocenters. The average Bonchev–Trinajstić information content (AvgIpc) is 2.69. The van der Waals surface area contributed by atoms with Crippen molar-refractivity contribution in [2.24, 2.45) is 5.73 Å². The van der Waals surface area contributed by atoms with Crippen LogP contribution < -0.4 is 5.73 Å². The van der Waals surface area contributed by atoms with E-state index in [0.717, 1.165) is 29.1 Å². The summed E-state index contributed by atoms with van der Waals surface area (Å²) in [7, 11) is 0. The first-order valence-electron chi connectivity index (χ1n) is 5.65. The molecular weight excluding hydrogens is 287 g/mol. The smallest absolute Gasteiger partial charge is 0.0897 e. The number of thiazole rings is 1. The van der Waals surface area contributed by atoms with Crippen LogP contribution >= 0.6 is 34.5 Å². The molecule has 1 atom stereocenters. The Morgan fingerprint density at radius 3 is 2.67 bits per heavy atom. The number of rotatable bonds is 4. The highest BCUT2D eigenvalue weighted by molar-refractivity contribution is 7.09. The number of benzene rings is 1. The molecule has 5 heteroatoms. The van der Waals surface area contributed by atoms with E-state index in [2.05, 4.69) is 10.4 Å². The van der Waals surface area contributed by atoms with E-state index >= 15 is 0 Å². The van der Waals surface area contributed by atoms with Crippen LogP contribution in [0.3, 0.4) is 0 Å². The zero-order chi connectivity index (χ0) is 13.1. The molecule has 2 aromatic rings. The minimum Gasteiger partial charge on any atom is -0.327 e. The van der Waals surface area contributed by atoms with Crippen LogP contribution in [0, 0.1) is 6.92 Å². The third-order valence-electron chi connectivity index (χ3n) is 2.62. The molecule has 0 aliphatic heterocycles. The van der Waals surface area contributed by atoms with E-state index in [1.54, 1.807) is 17.4 Å². The van der Waals surface area contributed by atoms with Gasteiger partial charge in [0.1, 0.15) is 0 Å². The monoisotopic (exact) mass is 300 g/mol. The third-order valence-corrected chi connectivity index (χ3v) is 4.18. The Bertz CT molecular complexity index is 540. The number of aryl methyl sites for hydroxylation is 1. The van der Waals surface area contributed by atoms with Crippen LogP contribution in [0.2, 0.25) is 10.0 Å². The van der Waals surface area contributed by atoms with Crippen molar-refractivity contribution in [2.75, 3.05) is 0 Å². The molecule has 18 heavy (non-hydrogen) atoms. The lowest BCUT2D eigenvalue weighted by Crippen LogP contribution is -2.25. The minimum absolute atomic E-state index is 0.0451. The van der Waals surface area contributed by atoms with E-state index in [1.807, 2.05) is 19.1 Å². The average molecular weight is 301 g/mol. The summed E-state index contributed by atoms with van der Waals surface area (Å²) in [6.45, 7) is 2.00. The van der Waals surface area contributed by atoms with Gasteiger partial charge in [-0.15, -0.1) is 11.3 Å². The van der Waals surface area contributed by atoms with Crippen molar-refractivity contribution in [2.45, 2.75) is 25.8 Å². The maximum atomic E-state index is 6.12. The Balaban J connectivity index is 1.98. The van der Waals surface area contributed by atoms with Gasteiger partial charge in [0.2, 0.25) is 0 Å². The Hall–Kier alpha value is -0.610. The summed E-state index contributed by atoms with van der Waals surface area (Å²) < 4.78 is 0. The topological polar surface area (TPSA) is 38.9 Å². The summed E-state index contributed by atoms with van der Waals surface area (Å²) >= 11 is 13.5. The van der Waals surface area contributed by atoms with Crippen molar-refractivity contribution >= 4 is 34.5 Å². The van der Waals surface area contributed by atoms with Crippen LogP contribution in [0.5, 0.6) is 0 Å². The van der Waals surface area contributed by atoms with Gasteiger partial charge >= 0.3 is 0 Å². The molecule has 1 aromatic heterocycles. The van der Waals surface area contributed by atoms with E-state index in [0.29, 0.717) is 10.0 Å². The summed E-state index contributed by atoms with van der Waals surface area (Å²) in [5.74, 6) is 0. The van der Waals surface area contributed by atoms with Gasteiger partial charge < -0.3 is 5.73 Å². The van der Waals surface area contributed by atoms with Crippen LogP contribution in [-0.4, -0.2) is 11.0 Å². The van der Waals surface area contributed by atoms with Crippen molar-refractivity contribution in [3.05, 3.63) is 49.9 Å². The molecule has 96 valence electrons. The molecule has 0 amide bonds. The molecule has 0 aliphatic carbocycles. The van der Waals surface area contributed by atoms with Crippen LogP contribution in [0.25, 0.3) is 0 Å². The van der Waals surface area contributed by atoms with Crippen LogP contribution in [0.1, 0.15) is 16.3 Å². The first-order chi connectivity index (χ1) is 8.54. The van der Waals surface area contributed by atoms with Gasteiger partial charge in [0.05, 0.1) is 20.7 Å². The highest BCUT2D eigenvalue weighted by Gasteiger charge is 2.09. The normalized spacial score (nSPS) is 12.7.